The zero-order valence-corrected chi connectivity index (χ0v) is 9.76. The van der Waals surface area contributed by atoms with E-state index in [1.165, 1.54) is 0 Å². The Balaban J connectivity index is 3.18. The van der Waals surface area contributed by atoms with Crippen LogP contribution in [0.2, 0.25) is 0 Å². The molecule has 0 aliphatic heterocycles. The van der Waals surface area contributed by atoms with E-state index in [1.54, 1.807) is 5.01 Å². The van der Waals surface area contributed by atoms with E-state index < -0.39 is 0 Å². The molecule has 2 nitrogen and oxygen atoms in total. The van der Waals surface area contributed by atoms with Crippen molar-refractivity contribution in [1.29, 1.82) is 0 Å². The van der Waals surface area contributed by atoms with Gasteiger partial charge in [-0.15, -0.1) is 0 Å². The number of hydrogen-bond donors (Lipinski definition) is 0. The minimum Gasteiger partial charge on any atom is -0.302 e. The fourth-order valence-electron chi connectivity index (χ4n) is 1.37. The third kappa shape index (κ3) is 2.48. The van der Waals surface area contributed by atoms with Crippen LogP contribution < -0.4 is 0 Å². The Bertz CT molecular complexity index is 336. The van der Waals surface area contributed by atoms with Crippen molar-refractivity contribution in [3.8, 4) is 0 Å². The standard InChI is InChI=1S/C11H15ClN2/c1-8-6-5-7-9(2)10(8)11(12)13-14(3)4/h5-7H,1-4H3/b13-11-. The van der Waals surface area contributed by atoms with Crippen molar-refractivity contribution in [2.75, 3.05) is 14.1 Å². The molecule has 1 aromatic rings. The Morgan fingerprint density at radius 1 is 1.21 bits per heavy atom. The van der Waals surface area contributed by atoms with Crippen molar-refractivity contribution in [3.05, 3.63) is 34.9 Å². The summed E-state index contributed by atoms with van der Waals surface area (Å²) in [7, 11) is 3.71. The van der Waals surface area contributed by atoms with E-state index in [4.69, 9.17) is 11.6 Å². The van der Waals surface area contributed by atoms with Gasteiger partial charge in [-0.2, -0.15) is 5.10 Å². The molecule has 14 heavy (non-hydrogen) atoms. The molecule has 0 radical (unpaired) electrons. The summed E-state index contributed by atoms with van der Waals surface area (Å²) in [5, 5.41) is 6.43. The Kier molecular flexibility index (Phi) is 3.53. The first-order valence-corrected chi connectivity index (χ1v) is 4.88. The van der Waals surface area contributed by atoms with Crippen LogP contribution in [0.1, 0.15) is 16.7 Å². The minimum absolute atomic E-state index is 0.547. The molecule has 0 bridgehead atoms. The summed E-state index contributed by atoms with van der Waals surface area (Å²) in [6, 6.07) is 6.10. The van der Waals surface area contributed by atoms with Crippen LogP contribution in [0.15, 0.2) is 23.3 Å². The van der Waals surface area contributed by atoms with Gasteiger partial charge in [0.25, 0.3) is 0 Å². The lowest BCUT2D eigenvalue weighted by Crippen LogP contribution is -2.08. The highest BCUT2D eigenvalue weighted by molar-refractivity contribution is 6.69. The van der Waals surface area contributed by atoms with Crippen molar-refractivity contribution < 1.29 is 0 Å². The number of hydrazone groups is 1. The van der Waals surface area contributed by atoms with Gasteiger partial charge in [-0.1, -0.05) is 29.8 Å². The van der Waals surface area contributed by atoms with E-state index in [0.29, 0.717) is 5.17 Å². The van der Waals surface area contributed by atoms with Crippen LogP contribution in [0.3, 0.4) is 0 Å². The second-order valence-electron chi connectivity index (χ2n) is 3.50. The van der Waals surface area contributed by atoms with Crippen LogP contribution in [-0.2, 0) is 0 Å². The minimum atomic E-state index is 0.547. The van der Waals surface area contributed by atoms with Crippen LogP contribution in [0.5, 0.6) is 0 Å². The van der Waals surface area contributed by atoms with E-state index in [1.807, 2.05) is 46.1 Å². The van der Waals surface area contributed by atoms with Crippen molar-refractivity contribution >= 4 is 16.8 Å². The second-order valence-corrected chi connectivity index (χ2v) is 3.86. The number of aryl methyl sites for hydroxylation is 2. The van der Waals surface area contributed by atoms with E-state index in [2.05, 4.69) is 5.10 Å². The summed E-state index contributed by atoms with van der Waals surface area (Å²) in [5.41, 5.74) is 3.34. The fourth-order valence-corrected chi connectivity index (χ4v) is 1.81. The number of benzene rings is 1. The maximum atomic E-state index is 6.12. The van der Waals surface area contributed by atoms with Crippen molar-refractivity contribution in [2.24, 2.45) is 5.10 Å². The maximum absolute atomic E-state index is 6.12. The summed E-state index contributed by atoms with van der Waals surface area (Å²) < 4.78 is 0. The summed E-state index contributed by atoms with van der Waals surface area (Å²) in [4.78, 5) is 0. The summed E-state index contributed by atoms with van der Waals surface area (Å²) >= 11 is 6.12. The smallest absolute Gasteiger partial charge is 0.156 e. The van der Waals surface area contributed by atoms with E-state index in [-0.39, 0.29) is 0 Å². The first kappa shape index (κ1) is 11.1. The van der Waals surface area contributed by atoms with Crippen molar-refractivity contribution in [2.45, 2.75) is 13.8 Å². The van der Waals surface area contributed by atoms with Gasteiger partial charge in [0.05, 0.1) is 0 Å². The quantitative estimate of drug-likeness (QED) is 0.542. The predicted molar refractivity (Wildman–Crippen MR) is 62.0 cm³/mol. The average Bonchev–Trinajstić information content (AvgIpc) is 2.01. The third-order valence-electron chi connectivity index (χ3n) is 1.98. The molecule has 0 aromatic heterocycles. The fraction of sp³-hybridized carbons (Fsp3) is 0.364. The van der Waals surface area contributed by atoms with Crippen LogP contribution in [0.4, 0.5) is 0 Å². The molecule has 0 aliphatic carbocycles. The average molecular weight is 211 g/mol. The molecule has 0 fully saturated rings. The van der Waals surface area contributed by atoms with E-state index in [0.717, 1.165) is 16.7 Å². The molecule has 0 unspecified atom stereocenters. The zero-order valence-electron chi connectivity index (χ0n) is 9.00. The van der Waals surface area contributed by atoms with Gasteiger partial charge >= 0.3 is 0 Å². The van der Waals surface area contributed by atoms with Gasteiger partial charge in [0.15, 0.2) is 5.17 Å². The normalized spacial score (nSPS) is 11.6. The first-order chi connectivity index (χ1) is 6.52. The van der Waals surface area contributed by atoms with Crippen LogP contribution in [-0.4, -0.2) is 24.3 Å². The van der Waals surface area contributed by atoms with Gasteiger partial charge < -0.3 is 5.01 Å². The molecule has 0 saturated heterocycles. The summed E-state index contributed by atoms with van der Waals surface area (Å²) in [6.45, 7) is 4.08. The molecule has 1 aromatic carbocycles. The van der Waals surface area contributed by atoms with Crippen molar-refractivity contribution in [3.63, 3.8) is 0 Å². The number of hydrogen-bond acceptors (Lipinski definition) is 2. The van der Waals surface area contributed by atoms with Gasteiger partial charge in [0, 0.05) is 19.7 Å². The highest BCUT2D eigenvalue weighted by atomic mass is 35.5. The highest BCUT2D eigenvalue weighted by Crippen LogP contribution is 2.16. The lowest BCUT2D eigenvalue weighted by atomic mass is 10.0. The van der Waals surface area contributed by atoms with Gasteiger partial charge in [0.2, 0.25) is 0 Å². The van der Waals surface area contributed by atoms with Crippen molar-refractivity contribution in [1.82, 2.24) is 5.01 Å². The molecular formula is C11H15ClN2. The largest absolute Gasteiger partial charge is 0.302 e. The molecule has 3 heteroatoms. The topological polar surface area (TPSA) is 15.6 Å². The highest BCUT2D eigenvalue weighted by Gasteiger charge is 2.07. The Labute approximate surface area is 90.2 Å². The Hall–Kier alpha value is -1.02. The third-order valence-corrected chi connectivity index (χ3v) is 2.24. The second kappa shape index (κ2) is 4.47. The van der Waals surface area contributed by atoms with E-state index in [9.17, 15) is 0 Å². The lowest BCUT2D eigenvalue weighted by molar-refractivity contribution is 0.439. The Morgan fingerprint density at radius 3 is 2.14 bits per heavy atom. The monoisotopic (exact) mass is 210 g/mol. The summed E-state index contributed by atoms with van der Waals surface area (Å²) in [5.74, 6) is 0. The van der Waals surface area contributed by atoms with E-state index >= 15 is 0 Å². The molecule has 0 N–H and O–H groups in total. The zero-order chi connectivity index (χ0) is 10.7. The molecular weight excluding hydrogens is 196 g/mol. The SMILES string of the molecule is Cc1cccc(C)c1/C(Cl)=N/N(C)C. The molecule has 0 atom stereocenters. The lowest BCUT2D eigenvalue weighted by Gasteiger charge is -2.10. The molecule has 0 aliphatic rings. The molecule has 0 spiro atoms. The number of nitrogens with zero attached hydrogens (tertiary/aromatic N) is 2. The number of rotatable bonds is 2. The van der Waals surface area contributed by atoms with Gasteiger partial charge in [-0.05, 0) is 25.0 Å². The number of halogens is 1. The molecule has 0 amide bonds. The predicted octanol–water partition coefficient (Wildman–Crippen LogP) is 2.77. The first-order valence-electron chi connectivity index (χ1n) is 4.50. The molecule has 0 heterocycles. The van der Waals surface area contributed by atoms with Crippen LogP contribution in [0.25, 0.3) is 0 Å². The molecule has 76 valence electrons. The van der Waals surface area contributed by atoms with Gasteiger partial charge in [-0.3, -0.25) is 0 Å². The summed E-state index contributed by atoms with van der Waals surface area (Å²) in [6.07, 6.45) is 0. The van der Waals surface area contributed by atoms with Crippen LogP contribution in [0, 0.1) is 13.8 Å². The van der Waals surface area contributed by atoms with Gasteiger partial charge in [0.1, 0.15) is 0 Å². The Morgan fingerprint density at radius 2 is 1.71 bits per heavy atom. The van der Waals surface area contributed by atoms with Gasteiger partial charge in [-0.25, -0.2) is 0 Å². The van der Waals surface area contributed by atoms with Crippen LogP contribution >= 0.6 is 11.6 Å². The molecule has 1 rings (SSSR count). The molecule has 0 saturated carbocycles. The maximum Gasteiger partial charge on any atom is 0.156 e.